The minimum Gasteiger partial charge on any atom is -0.345 e. The predicted octanol–water partition coefficient (Wildman–Crippen LogP) is 2.21. The van der Waals surface area contributed by atoms with Gasteiger partial charge < -0.3 is 14.5 Å². The van der Waals surface area contributed by atoms with E-state index < -0.39 is 11.2 Å². The van der Waals surface area contributed by atoms with Gasteiger partial charge in [-0.25, -0.2) is 14.8 Å². The maximum absolute atomic E-state index is 12.4. The third kappa shape index (κ3) is 3.56. The van der Waals surface area contributed by atoms with Gasteiger partial charge in [-0.3, -0.25) is 9.78 Å². The minimum atomic E-state index is -0.665. The number of imidazole rings is 1. The number of hydrogen-bond donors (Lipinski definition) is 2. The number of nitrogens with zero attached hydrogens (tertiary/aromatic N) is 5. The van der Waals surface area contributed by atoms with Crippen LogP contribution in [0, 0.1) is 13.8 Å². The summed E-state index contributed by atoms with van der Waals surface area (Å²) in [4.78, 5) is 44.8. The first-order valence-electron chi connectivity index (χ1n) is 10.4. The Morgan fingerprint density at radius 1 is 1.03 bits per heavy atom. The van der Waals surface area contributed by atoms with Gasteiger partial charge in [0.15, 0.2) is 11.5 Å². The van der Waals surface area contributed by atoms with E-state index >= 15 is 0 Å². The van der Waals surface area contributed by atoms with Crippen LogP contribution in [0.2, 0.25) is 0 Å². The van der Waals surface area contributed by atoms with Crippen molar-refractivity contribution >= 4 is 22.1 Å². The number of benzene rings is 2. The molecule has 9 heteroatoms. The molecule has 0 amide bonds. The van der Waals surface area contributed by atoms with Gasteiger partial charge in [0.1, 0.15) is 0 Å². The van der Waals surface area contributed by atoms with Gasteiger partial charge in [-0.05, 0) is 61.9 Å². The fourth-order valence-corrected chi connectivity index (χ4v) is 4.01. The van der Waals surface area contributed by atoms with Crippen LogP contribution in [0.25, 0.3) is 33.6 Å². The normalized spacial score (nSPS) is 11.9. The van der Waals surface area contributed by atoms with Gasteiger partial charge in [0.25, 0.3) is 5.56 Å². The molecule has 2 aromatic carbocycles. The highest BCUT2D eigenvalue weighted by Crippen LogP contribution is 2.24. The molecule has 0 fully saturated rings. The lowest BCUT2D eigenvalue weighted by Gasteiger charge is -2.21. The highest BCUT2D eigenvalue weighted by Gasteiger charge is 2.19. The van der Waals surface area contributed by atoms with Crippen molar-refractivity contribution in [2.45, 2.75) is 26.9 Å². The molecule has 0 atom stereocenters. The topological polar surface area (TPSA) is 113 Å². The van der Waals surface area contributed by atoms with Crippen molar-refractivity contribution in [1.82, 2.24) is 34.4 Å². The van der Waals surface area contributed by atoms with Gasteiger partial charge in [0.2, 0.25) is 0 Å². The van der Waals surface area contributed by atoms with Gasteiger partial charge in [-0.1, -0.05) is 6.07 Å². The summed E-state index contributed by atoms with van der Waals surface area (Å²) in [6, 6.07) is 10.2. The van der Waals surface area contributed by atoms with E-state index in [1.54, 1.807) is 6.33 Å². The smallest absolute Gasteiger partial charge is 0.345 e. The Bertz CT molecular complexity index is 1550. The summed E-state index contributed by atoms with van der Waals surface area (Å²) in [5, 5.41) is 0. The summed E-state index contributed by atoms with van der Waals surface area (Å²) in [6.07, 6.45) is 1.69. The number of likely N-dealkylation sites (N-methyl/N-ethyl adjacent to an activating group) is 1. The number of nitrogens with one attached hydrogen (secondary N) is 2. The average Bonchev–Trinajstić information content (AvgIpc) is 3.21. The Hall–Kier alpha value is -3.85. The molecule has 3 heterocycles. The fourth-order valence-electron chi connectivity index (χ4n) is 4.01. The first-order valence-corrected chi connectivity index (χ1v) is 10.4. The van der Waals surface area contributed by atoms with Crippen LogP contribution in [-0.4, -0.2) is 48.0 Å². The summed E-state index contributed by atoms with van der Waals surface area (Å²) in [5.41, 5.74) is 5.85. The molecule has 0 bridgehead atoms. The van der Waals surface area contributed by atoms with Crippen molar-refractivity contribution in [3.8, 4) is 11.5 Å². The van der Waals surface area contributed by atoms with Crippen LogP contribution in [0.15, 0.2) is 46.2 Å². The van der Waals surface area contributed by atoms with E-state index in [0.29, 0.717) is 24.4 Å². The number of H-pyrrole nitrogens is 2. The van der Waals surface area contributed by atoms with E-state index in [1.807, 2.05) is 43.7 Å². The first-order chi connectivity index (χ1) is 15.4. The van der Waals surface area contributed by atoms with Gasteiger partial charge in [-0.2, -0.15) is 4.98 Å². The van der Waals surface area contributed by atoms with Crippen LogP contribution in [-0.2, 0) is 13.1 Å². The molecule has 32 heavy (non-hydrogen) atoms. The van der Waals surface area contributed by atoms with E-state index in [-0.39, 0.29) is 5.69 Å². The monoisotopic (exact) mass is 429 g/mol. The number of aromatic amines is 2. The van der Waals surface area contributed by atoms with Crippen LogP contribution in [0.3, 0.4) is 0 Å². The van der Waals surface area contributed by atoms with Crippen molar-refractivity contribution in [2.24, 2.45) is 0 Å². The third-order valence-corrected chi connectivity index (χ3v) is 5.87. The minimum absolute atomic E-state index is 0.173. The molecular weight excluding hydrogens is 406 g/mol. The Morgan fingerprint density at radius 3 is 2.69 bits per heavy atom. The summed E-state index contributed by atoms with van der Waals surface area (Å²) < 4.78 is 1.92. The first kappa shape index (κ1) is 20.1. The van der Waals surface area contributed by atoms with Crippen LogP contribution >= 0.6 is 0 Å². The van der Waals surface area contributed by atoms with E-state index in [4.69, 9.17) is 0 Å². The Kier molecular flexibility index (Phi) is 4.82. The summed E-state index contributed by atoms with van der Waals surface area (Å²) in [7, 11) is 2.04. The summed E-state index contributed by atoms with van der Waals surface area (Å²) >= 11 is 0. The second kappa shape index (κ2) is 7.69. The quantitative estimate of drug-likeness (QED) is 0.414. The van der Waals surface area contributed by atoms with Gasteiger partial charge in [-0.15, -0.1) is 0 Å². The number of rotatable bonds is 5. The molecule has 0 spiro atoms. The van der Waals surface area contributed by atoms with Crippen LogP contribution in [0.1, 0.15) is 16.7 Å². The van der Waals surface area contributed by atoms with Crippen LogP contribution in [0.4, 0.5) is 0 Å². The lowest BCUT2D eigenvalue weighted by atomic mass is 10.1. The Balaban J connectivity index is 1.50. The highest BCUT2D eigenvalue weighted by atomic mass is 16.2. The highest BCUT2D eigenvalue weighted by molar-refractivity contribution is 5.81. The number of aromatic nitrogens is 6. The molecule has 0 aliphatic carbocycles. The Labute approximate surface area is 183 Å². The summed E-state index contributed by atoms with van der Waals surface area (Å²) in [6.45, 7) is 6.02. The second-order valence-corrected chi connectivity index (χ2v) is 8.22. The molecule has 0 saturated carbocycles. The van der Waals surface area contributed by atoms with Gasteiger partial charge >= 0.3 is 5.69 Å². The van der Waals surface area contributed by atoms with Crippen LogP contribution in [0.5, 0.6) is 0 Å². The molecule has 0 radical (unpaired) electrons. The van der Waals surface area contributed by atoms with Gasteiger partial charge in [0, 0.05) is 19.6 Å². The van der Waals surface area contributed by atoms with Crippen molar-refractivity contribution in [3.05, 3.63) is 74.2 Å². The van der Waals surface area contributed by atoms with Gasteiger partial charge in [0.05, 0.1) is 28.4 Å². The third-order valence-electron chi connectivity index (χ3n) is 5.87. The average molecular weight is 429 g/mol. The van der Waals surface area contributed by atoms with Crippen molar-refractivity contribution in [3.63, 3.8) is 0 Å². The molecule has 0 unspecified atom stereocenters. The van der Waals surface area contributed by atoms with Crippen molar-refractivity contribution < 1.29 is 0 Å². The molecule has 3 aromatic rings. The zero-order chi connectivity index (χ0) is 22.4. The predicted molar refractivity (Wildman–Crippen MR) is 123 cm³/mol. The number of hydrogen-bond acceptors (Lipinski definition) is 6. The Morgan fingerprint density at radius 2 is 1.84 bits per heavy atom. The molecular formula is C23H23N7O2. The lowest BCUT2D eigenvalue weighted by molar-refractivity contribution is 0.313. The second-order valence-electron chi connectivity index (χ2n) is 8.22. The molecule has 9 nitrogen and oxygen atoms in total. The SMILES string of the molecule is Cc1cc2nc3c(=O)[nH]c(=O)nc-3n(CCN(C)Cc3ccc4[nH]cnc4c3)c2cc1C. The summed E-state index contributed by atoms with van der Waals surface area (Å²) in [5.74, 6) is 0.306. The van der Waals surface area contributed by atoms with E-state index in [1.165, 1.54) is 0 Å². The molecule has 0 saturated heterocycles. The van der Waals surface area contributed by atoms with Crippen molar-refractivity contribution in [1.29, 1.82) is 0 Å². The largest absolute Gasteiger partial charge is 0.349 e. The molecule has 5 rings (SSSR count). The van der Waals surface area contributed by atoms with E-state index in [9.17, 15) is 9.59 Å². The van der Waals surface area contributed by atoms with E-state index in [0.717, 1.165) is 39.8 Å². The van der Waals surface area contributed by atoms with Crippen LogP contribution < -0.4 is 11.2 Å². The number of fused-ring (bicyclic) bond motifs is 3. The maximum Gasteiger partial charge on any atom is 0.349 e. The number of aryl methyl sites for hydroxylation is 2. The molecule has 2 aliphatic rings. The van der Waals surface area contributed by atoms with E-state index in [2.05, 4.69) is 42.0 Å². The molecule has 2 N–H and O–H groups in total. The fraction of sp³-hybridized carbons (Fsp3) is 0.261. The molecule has 162 valence electrons. The molecule has 1 aromatic heterocycles. The lowest BCUT2D eigenvalue weighted by Crippen LogP contribution is -2.30. The molecule has 2 aliphatic heterocycles. The van der Waals surface area contributed by atoms with Crippen molar-refractivity contribution in [2.75, 3.05) is 13.6 Å². The zero-order valence-corrected chi connectivity index (χ0v) is 18.1. The zero-order valence-electron chi connectivity index (χ0n) is 18.1. The standard InChI is InChI=1S/C23H23N7O2/c1-13-8-18-19(9-14(13)2)30(21-20(26-18)22(31)28-23(32)27-21)7-6-29(3)11-15-4-5-16-17(10-15)25-12-24-16/h4-5,8-10,12H,6-7,11H2,1-3H3,(H,24,25)(H,28,31,32). The maximum atomic E-state index is 12.4.